The molecule has 2 aromatic rings. The van der Waals surface area contributed by atoms with E-state index in [-0.39, 0.29) is 12.7 Å². The van der Waals surface area contributed by atoms with Gasteiger partial charge in [-0.2, -0.15) is 0 Å². The Morgan fingerprint density at radius 1 is 1.19 bits per heavy atom. The molecule has 2 aliphatic rings. The molecule has 2 heterocycles. The lowest BCUT2D eigenvalue weighted by Gasteiger charge is -2.11. The molecule has 0 atom stereocenters. The van der Waals surface area contributed by atoms with Gasteiger partial charge in [-0.1, -0.05) is 6.07 Å². The van der Waals surface area contributed by atoms with Crippen molar-refractivity contribution in [1.82, 2.24) is 0 Å². The Morgan fingerprint density at radius 2 is 2.00 bits per heavy atom. The maximum atomic E-state index is 12.4. The first-order valence-electron chi connectivity index (χ1n) is 8.77. The van der Waals surface area contributed by atoms with Gasteiger partial charge in [-0.15, -0.1) is 11.3 Å². The van der Waals surface area contributed by atoms with Gasteiger partial charge in [0.2, 0.25) is 12.7 Å². The standard InChI is InChI=1S/C20H19NO5S/c1-24-20(23)18-13-4-2-3-5-16(13)27-19(18)21-17(22)9-7-12-6-8-14-15(10-12)26-11-25-14/h6-10H,2-5,11H2,1H3,(H,21,22)/b9-7+. The number of nitrogens with one attached hydrogen (secondary N) is 1. The predicted molar refractivity (Wildman–Crippen MR) is 103 cm³/mol. The van der Waals surface area contributed by atoms with Crippen LogP contribution in [0.3, 0.4) is 0 Å². The number of thiophene rings is 1. The van der Waals surface area contributed by atoms with Gasteiger partial charge >= 0.3 is 5.97 Å². The van der Waals surface area contributed by atoms with E-state index in [0.717, 1.165) is 41.7 Å². The SMILES string of the molecule is COC(=O)c1c(NC(=O)/C=C/c2ccc3c(c2)OCO3)sc2c1CCCC2. The average molecular weight is 385 g/mol. The number of fused-ring (bicyclic) bond motifs is 2. The summed E-state index contributed by atoms with van der Waals surface area (Å²) in [7, 11) is 1.36. The molecule has 1 aliphatic carbocycles. The Bertz CT molecular complexity index is 931. The van der Waals surface area contributed by atoms with Crippen LogP contribution in [0, 0.1) is 0 Å². The molecule has 4 rings (SSSR count). The van der Waals surface area contributed by atoms with E-state index >= 15 is 0 Å². The molecule has 0 saturated carbocycles. The zero-order valence-corrected chi connectivity index (χ0v) is 15.7. The van der Waals surface area contributed by atoms with Crippen LogP contribution < -0.4 is 14.8 Å². The van der Waals surface area contributed by atoms with Crippen LogP contribution in [-0.2, 0) is 22.4 Å². The van der Waals surface area contributed by atoms with Gasteiger partial charge in [-0.25, -0.2) is 4.79 Å². The van der Waals surface area contributed by atoms with Gasteiger partial charge in [0.1, 0.15) is 5.00 Å². The van der Waals surface area contributed by atoms with Gasteiger partial charge in [0, 0.05) is 11.0 Å². The van der Waals surface area contributed by atoms with Crippen molar-refractivity contribution in [2.45, 2.75) is 25.7 Å². The van der Waals surface area contributed by atoms with Gasteiger partial charge in [0.25, 0.3) is 0 Å². The van der Waals surface area contributed by atoms with Gasteiger partial charge in [0.05, 0.1) is 12.7 Å². The summed E-state index contributed by atoms with van der Waals surface area (Å²) in [5, 5.41) is 3.41. The van der Waals surface area contributed by atoms with Gasteiger partial charge in [-0.3, -0.25) is 4.79 Å². The van der Waals surface area contributed by atoms with E-state index in [0.29, 0.717) is 22.1 Å². The summed E-state index contributed by atoms with van der Waals surface area (Å²) in [5.74, 6) is 0.667. The molecule has 0 unspecified atom stereocenters. The minimum atomic E-state index is -0.399. The summed E-state index contributed by atoms with van der Waals surface area (Å²) in [6.07, 6.45) is 7.07. The normalized spacial score (nSPS) is 14.9. The van der Waals surface area contributed by atoms with Crippen molar-refractivity contribution in [2.24, 2.45) is 0 Å². The Balaban J connectivity index is 1.52. The van der Waals surface area contributed by atoms with Gasteiger partial charge in [0.15, 0.2) is 11.5 Å². The molecule has 0 radical (unpaired) electrons. The molecular weight excluding hydrogens is 366 g/mol. The lowest BCUT2D eigenvalue weighted by molar-refractivity contribution is -0.111. The highest BCUT2D eigenvalue weighted by Crippen LogP contribution is 2.38. The van der Waals surface area contributed by atoms with Crippen LogP contribution in [0.5, 0.6) is 11.5 Å². The second-order valence-corrected chi connectivity index (χ2v) is 7.45. The molecule has 0 bridgehead atoms. The van der Waals surface area contributed by atoms with Crippen LogP contribution in [0.1, 0.15) is 39.2 Å². The summed E-state index contributed by atoms with van der Waals surface area (Å²) < 4.78 is 15.5. The number of carbonyl (C=O) groups excluding carboxylic acids is 2. The molecule has 1 aliphatic heterocycles. The van der Waals surface area contributed by atoms with Crippen molar-refractivity contribution in [2.75, 3.05) is 19.2 Å². The number of rotatable bonds is 4. The summed E-state index contributed by atoms with van der Waals surface area (Å²) in [4.78, 5) is 25.8. The molecule has 140 valence electrons. The largest absolute Gasteiger partial charge is 0.465 e. The molecule has 7 heteroatoms. The lowest BCUT2D eigenvalue weighted by Crippen LogP contribution is -2.13. The monoisotopic (exact) mass is 385 g/mol. The van der Waals surface area contributed by atoms with Crippen LogP contribution in [0.15, 0.2) is 24.3 Å². The zero-order chi connectivity index (χ0) is 18.8. The van der Waals surface area contributed by atoms with Crippen LogP contribution in [-0.4, -0.2) is 25.8 Å². The summed E-state index contributed by atoms with van der Waals surface area (Å²) in [6, 6.07) is 5.47. The molecule has 0 spiro atoms. The van der Waals surface area contributed by atoms with E-state index in [1.807, 2.05) is 18.2 Å². The number of anilines is 1. The number of carbonyl (C=O) groups is 2. The third kappa shape index (κ3) is 3.55. The van der Waals surface area contributed by atoms with E-state index in [1.165, 1.54) is 24.5 Å². The number of aryl methyl sites for hydroxylation is 1. The molecule has 0 fully saturated rings. The van der Waals surface area contributed by atoms with Crippen LogP contribution >= 0.6 is 11.3 Å². The van der Waals surface area contributed by atoms with E-state index in [1.54, 1.807) is 6.08 Å². The third-order valence-electron chi connectivity index (χ3n) is 4.62. The first-order valence-corrected chi connectivity index (χ1v) is 9.59. The third-order valence-corrected chi connectivity index (χ3v) is 5.83. The van der Waals surface area contributed by atoms with Crippen LogP contribution in [0.4, 0.5) is 5.00 Å². The van der Waals surface area contributed by atoms with E-state index in [9.17, 15) is 9.59 Å². The fourth-order valence-electron chi connectivity index (χ4n) is 3.31. The first kappa shape index (κ1) is 17.6. The van der Waals surface area contributed by atoms with Crippen molar-refractivity contribution >= 4 is 34.3 Å². The van der Waals surface area contributed by atoms with Crippen LogP contribution in [0.2, 0.25) is 0 Å². The Labute approximate surface area is 160 Å². The fraction of sp³-hybridized carbons (Fsp3) is 0.300. The lowest BCUT2D eigenvalue weighted by atomic mass is 9.95. The quantitative estimate of drug-likeness (QED) is 0.640. The van der Waals surface area contributed by atoms with Crippen molar-refractivity contribution < 1.29 is 23.8 Å². The summed E-state index contributed by atoms with van der Waals surface area (Å²) >= 11 is 1.47. The van der Waals surface area contributed by atoms with Gasteiger partial charge < -0.3 is 19.5 Å². The number of hydrogen-bond donors (Lipinski definition) is 1. The maximum absolute atomic E-state index is 12.4. The number of methoxy groups -OCH3 is 1. The molecule has 1 aromatic carbocycles. The van der Waals surface area contributed by atoms with Crippen molar-refractivity contribution in [3.63, 3.8) is 0 Å². The smallest absolute Gasteiger partial charge is 0.341 e. The topological polar surface area (TPSA) is 73.9 Å². The minimum Gasteiger partial charge on any atom is -0.465 e. The Kier molecular flexibility index (Phi) is 4.85. The van der Waals surface area contributed by atoms with E-state index in [2.05, 4.69) is 5.32 Å². The predicted octanol–water partition coefficient (Wildman–Crippen LogP) is 3.79. The van der Waals surface area contributed by atoms with E-state index < -0.39 is 5.97 Å². The highest BCUT2D eigenvalue weighted by atomic mass is 32.1. The van der Waals surface area contributed by atoms with Crippen molar-refractivity contribution in [3.8, 4) is 11.5 Å². The molecule has 27 heavy (non-hydrogen) atoms. The number of ether oxygens (including phenoxy) is 3. The molecule has 1 aromatic heterocycles. The minimum absolute atomic E-state index is 0.211. The number of benzene rings is 1. The molecule has 1 N–H and O–H groups in total. The molecule has 0 saturated heterocycles. The van der Waals surface area contributed by atoms with Gasteiger partial charge in [-0.05, 0) is 55.0 Å². The van der Waals surface area contributed by atoms with Crippen LogP contribution in [0.25, 0.3) is 6.08 Å². The number of amides is 1. The average Bonchev–Trinajstić information content (AvgIpc) is 3.29. The van der Waals surface area contributed by atoms with Crippen molar-refractivity contribution in [1.29, 1.82) is 0 Å². The first-order chi connectivity index (χ1) is 13.2. The second-order valence-electron chi connectivity index (χ2n) is 6.34. The maximum Gasteiger partial charge on any atom is 0.341 e. The van der Waals surface area contributed by atoms with E-state index in [4.69, 9.17) is 14.2 Å². The Morgan fingerprint density at radius 3 is 2.85 bits per heavy atom. The molecule has 6 nitrogen and oxygen atoms in total. The number of hydrogen-bond acceptors (Lipinski definition) is 6. The summed E-state index contributed by atoms with van der Waals surface area (Å²) in [6.45, 7) is 0.211. The fourth-order valence-corrected chi connectivity index (χ4v) is 4.59. The second kappa shape index (κ2) is 7.44. The van der Waals surface area contributed by atoms with Crippen molar-refractivity contribution in [3.05, 3.63) is 45.8 Å². The Hall–Kier alpha value is -2.80. The molecule has 1 amide bonds. The highest BCUT2D eigenvalue weighted by Gasteiger charge is 2.26. The number of esters is 1. The summed E-state index contributed by atoms with van der Waals surface area (Å²) in [5.41, 5.74) is 2.35. The molecular formula is C20H19NO5S. The highest BCUT2D eigenvalue weighted by molar-refractivity contribution is 7.17. The zero-order valence-electron chi connectivity index (χ0n) is 14.9.